The molecule has 0 radical (unpaired) electrons. The van der Waals surface area contributed by atoms with Crippen LogP contribution in [0.2, 0.25) is 0 Å². The quantitative estimate of drug-likeness (QED) is 0.796. The molecule has 1 aromatic carbocycles. The fraction of sp³-hybridized carbons (Fsp3) is 0.462. The minimum atomic E-state index is -0.805. The lowest BCUT2D eigenvalue weighted by molar-refractivity contribution is -0.138. The van der Waals surface area contributed by atoms with Gasteiger partial charge >= 0.3 is 5.97 Å². The van der Waals surface area contributed by atoms with Gasteiger partial charge in [-0.2, -0.15) is 0 Å². The normalized spacial score (nSPS) is 11.9. The molecule has 1 unspecified atom stereocenters. The van der Waals surface area contributed by atoms with Gasteiger partial charge in [0.25, 0.3) is 0 Å². The van der Waals surface area contributed by atoms with Crippen molar-refractivity contribution in [1.29, 1.82) is 0 Å². The molecule has 1 rings (SSSR count). The zero-order chi connectivity index (χ0) is 12.8. The summed E-state index contributed by atoms with van der Waals surface area (Å²) in [6.45, 7) is 1.98. The van der Waals surface area contributed by atoms with Crippen molar-refractivity contribution in [3.63, 3.8) is 0 Å². The van der Waals surface area contributed by atoms with Crippen LogP contribution in [0.5, 0.6) is 0 Å². The van der Waals surface area contributed by atoms with E-state index < -0.39 is 12.0 Å². The monoisotopic (exact) mass is 236 g/mol. The van der Waals surface area contributed by atoms with Gasteiger partial charge in [0.15, 0.2) is 0 Å². The van der Waals surface area contributed by atoms with Gasteiger partial charge in [-0.15, -0.1) is 0 Å². The van der Waals surface area contributed by atoms with Crippen molar-refractivity contribution in [1.82, 2.24) is 0 Å². The summed E-state index contributed by atoms with van der Waals surface area (Å²) in [4.78, 5) is 13.1. The van der Waals surface area contributed by atoms with E-state index in [1.807, 2.05) is 50.2 Å². The molecule has 2 N–H and O–H groups in total. The van der Waals surface area contributed by atoms with Gasteiger partial charge in [0.05, 0.1) is 11.4 Å². The third-order valence-corrected chi connectivity index (χ3v) is 2.59. The highest BCUT2D eigenvalue weighted by Gasteiger charge is 2.17. The van der Waals surface area contributed by atoms with Crippen LogP contribution in [-0.4, -0.2) is 31.2 Å². The Morgan fingerprint density at radius 3 is 2.59 bits per heavy atom. The van der Waals surface area contributed by atoms with Gasteiger partial charge in [-0.25, -0.2) is 4.79 Å². The Morgan fingerprint density at radius 1 is 1.41 bits per heavy atom. The maximum Gasteiger partial charge on any atom is 0.326 e. The Morgan fingerprint density at radius 2 is 2.06 bits per heavy atom. The van der Waals surface area contributed by atoms with Gasteiger partial charge in [-0.05, 0) is 18.6 Å². The van der Waals surface area contributed by atoms with Gasteiger partial charge < -0.3 is 15.3 Å². The number of anilines is 2. The van der Waals surface area contributed by atoms with Crippen molar-refractivity contribution in [3.05, 3.63) is 24.3 Å². The molecule has 0 aliphatic heterocycles. The standard InChI is InChI=1S/C13H20N2O2/c1-4-7-11(13(16)17)14-10-8-5-6-9-12(10)15(2)3/h5-6,8-9,11,14H,4,7H2,1-3H3,(H,16,17). The third kappa shape index (κ3) is 3.66. The number of carboxylic acids is 1. The topological polar surface area (TPSA) is 52.6 Å². The highest BCUT2D eigenvalue weighted by atomic mass is 16.4. The lowest BCUT2D eigenvalue weighted by atomic mass is 10.1. The molecule has 0 spiro atoms. The zero-order valence-corrected chi connectivity index (χ0v) is 10.6. The van der Waals surface area contributed by atoms with Crippen molar-refractivity contribution < 1.29 is 9.90 Å². The van der Waals surface area contributed by atoms with Crippen molar-refractivity contribution in [2.75, 3.05) is 24.3 Å². The molecule has 0 saturated heterocycles. The second-order valence-electron chi connectivity index (χ2n) is 4.24. The van der Waals surface area contributed by atoms with Crippen LogP contribution >= 0.6 is 0 Å². The van der Waals surface area contributed by atoms with E-state index in [9.17, 15) is 4.79 Å². The molecule has 0 heterocycles. The molecular weight excluding hydrogens is 216 g/mol. The van der Waals surface area contributed by atoms with E-state index in [0.29, 0.717) is 6.42 Å². The molecule has 17 heavy (non-hydrogen) atoms. The number of benzene rings is 1. The first kappa shape index (κ1) is 13.4. The first-order chi connectivity index (χ1) is 8.06. The van der Waals surface area contributed by atoms with Gasteiger partial charge in [0, 0.05) is 14.1 Å². The Kier molecular flexibility index (Phi) is 4.82. The maximum absolute atomic E-state index is 11.1. The molecule has 0 amide bonds. The summed E-state index contributed by atoms with van der Waals surface area (Å²) < 4.78 is 0. The number of para-hydroxylation sites is 2. The summed E-state index contributed by atoms with van der Waals surface area (Å²) in [5.74, 6) is -0.805. The van der Waals surface area contributed by atoms with Crippen molar-refractivity contribution in [2.45, 2.75) is 25.8 Å². The molecule has 0 fully saturated rings. The van der Waals surface area contributed by atoms with E-state index in [4.69, 9.17) is 5.11 Å². The molecule has 0 aliphatic rings. The van der Waals surface area contributed by atoms with Crippen LogP contribution in [0.3, 0.4) is 0 Å². The van der Waals surface area contributed by atoms with Crippen LogP contribution in [0.25, 0.3) is 0 Å². The van der Waals surface area contributed by atoms with Crippen molar-refractivity contribution >= 4 is 17.3 Å². The number of nitrogens with zero attached hydrogens (tertiary/aromatic N) is 1. The van der Waals surface area contributed by atoms with Crippen LogP contribution in [-0.2, 0) is 4.79 Å². The predicted octanol–water partition coefficient (Wildman–Crippen LogP) is 2.42. The summed E-state index contributed by atoms with van der Waals surface area (Å²) in [7, 11) is 3.88. The summed E-state index contributed by atoms with van der Waals surface area (Å²) in [5.41, 5.74) is 1.85. The van der Waals surface area contributed by atoms with Crippen molar-refractivity contribution in [3.8, 4) is 0 Å². The van der Waals surface area contributed by atoms with Crippen LogP contribution in [0.15, 0.2) is 24.3 Å². The Labute approximate surface area is 102 Å². The first-order valence-electron chi connectivity index (χ1n) is 5.82. The largest absolute Gasteiger partial charge is 0.480 e. The molecule has 0 saturated carbocycles. The highest BCUT2D eigenvalue weighted by molar-refractivity contribution is 5.80. The second-order valence-corrected chi connectivity index (χ2v) is 4.24. The number of nitrogens with one attached hydrogen (secondary N) is 1. The average Bonchev–Trinajstić information content (AvgIpc) is 2.28. The SMILES string of the molecule is CCCC(Nc1ccccc1N(C)C)C(=O)O. The van der Waals surface area contributed by atoms with Gasteiger partial charge in [-0.3, -0.25) is 0 Å². The first-order valence-corrected chi connectivity index (χ1v) is 5.82. The van der Waals surface area contributed by atoms with E-state index in [2.05, 4.69) is 5.32 Å². The molecule has 94 valence electrons. The minimum Gasteiger partial charge on any atom is -0.480 e. The van der Waals surface area contributed by atoms with Crippen LogP contribution in [0, 0.1) is 0 Å². The second kappa shape index (κ2) is 6.13. The molecule has 0 aliphatic carbocycles. The van der Waals surface area contributed by atoms with Crippen molar-refractivity contribution in [2.24, 2.45) is 0 Å². The van der Waals surface area contributed by atoms with Gasteiger partial charge in [-0.1, -0.05) is 25.5 Å². The average molecular weight is 236 g/mol. The fourth-order valence-corrected chi connectivity index (χ4v) is 1.72. The zero-order valence-electron chi connectivity index (χ0n) is 10.6. The van der Waals surface area contributed by atoms with E-state index in [1.165, 1.54) is 0 Å². The molecular formula is C13H20N2O2. The van der Waals surface area contributed by atoms with Gasteiger partial charge in [0.2, 0.25) is 0 Å². The number of hydrogen-bond donors (Lipinski definition) is 2. The van der Waals surface area contributed by atoms with E-state index in [-0.39, 0.29) is 0 Å². The number of aliphatic carboxylic acids is 1. The lowest BCUT2D eigenvalue weighted by Gasteiger charge is -2.21. The van der Waals surface area contributed by atoms with E-state index in [0.717, 1.165) is 17.8 Å². The van der Waals surface area contributed by atoms with E-state index >= 15 is 0 Å². The molecule has 1 aromatic rings. The smallest absolute Gasteiger partial charge is 0.326 e. The molecule has 1 atom stereocenters. The number of hydrogen-bond acceptors (Lipinski definition) is 3. The predicted molar refractivity (Wildman–Crippen MR) is 70.7 cm³/mol. The summed E-state index contributed by atoms with van der Waals surface area (Å²) >= 11 is 0. The summed E-state index contributed by atoms with van der Waals surface area (Å²) in [6, 6.07) is 7.19. The van der Waals surface area contributed by atoms with Crippen LogP contribution in [0.1, 0.15) is 19.8 Å². The lowest BCUT2D eigenvalue weighted by Crippen LogP contribution is -2.29. The summed E-state index contributed by atoms with van der Waals surface area (Å²) in [5, 5.41) is 12.2. The maximum atomic E-state index is 11.1. The van der Waals surface area contributed by atoms with Crippen LogP contribution in [0.4, 0.5) is 11.4 Å². The van der Waals surface area contributed by atoms with Gasteiger partial charge in [0.1, 0.15) is 6.04 Å². The Hall–Kier alpha value is -1.71. The fourth-order valence-electron chi connectivity index (χ4n) is 1.72. The van der Waals surface area contributed by atoms with E-state index in [1.54, 1.807) is 0 Å². The summed E-state index contributed by atoms with van der Waals surface area (Å²) in [6.07, 6.45) is 1.46. The Bertz CT molecular complexity index is 377. The molecule has 0 bridgehead atoms. The number of carbonyl (C=O) groups is 1. The number of carboxylic acid groups (broad SMARTS) is 1. The third-order valence-electron chi connectivity index (χ3n) is 2.59. The molecule has 4 nitrogen and oxygen atoms in total. The number of rotatable bonds is 6. The highest BCUT2D eigenvalue weighted by Crippen LogP contribution is 2.24. The van der Waals surface area contributed by atoms with Crippen LogP contribution < -0.4 is 10.2 Å². The minimum absolute atomic E-state index is 0.527. The molecule has 4 heteroatoms. The Balaban J connectivity index is 2.88. The molecule has 0 aromatic heterocycles.